The van der Waals surface area contributed by atoms with Crippen molar-refractivity contribution < 1.29 is 14.3 Å². The van der Waals surface area contributed by atoms with E-state index in [0.29, 0.717) is 43.5 Å². The lowest BCUT2D eigenvalue weighted by atomic mass is 9.91. The summed E-state index contributed by atoms with van der Waals surface area (Å²) in [4.78, 5) is 28.7. The SMILES string of the molecule is C=CC(=O)N1CCN(c2nc(OCC3CCCN3C)nc(C)c2CC[C@H]2CC3=C(C[CH]C=C3OC)CS2)CC1CC#N. The number of hydrogen-bond acceptors (Lipinski definition) is 9. The highest BCUT2D eigenvalue weighted by Crippen LogP contribution is 2.40. The largest absolute Gasteiger partial charge is 0.497 e. The van der Waals surface area contributed by atoms with Crippen molar-refractivity contribution >= 4 is 23.5 Å². The first kappa shape index (κ1) is 30.4. The highest BCUT2D eigenvalue weighted by Gasteiger charge is 2.33. The molecule has 5 rings (SSSR count). The van der Waals surface area contributed by atoms with Crippen molar-refractivity contribution in [1.82, 2.24) is 19.8 Å². The van der Waals surface area contributed by atoms with Crippen LogP contribution in [0.3, 0.4) is 0 Å². The van der Waals surface area contributed by atoms with Gasteiger partial charge in [0.1, 0.15) is 18.2 Å². The van der Waals surface area contributed by atoms with E-state index < -0.39 is 0 Å². The fourth-order valence-electron chi connectivity index (χ4n) is 6.55. The number of rotatable bonds is 10. The lowest BCUT2D eigenvalue weighted by Gasteiger charge is -2.41. The molecule has 1 aromatic heterocycles. The van der Waals surface area contributed by atoms with E-state index in [1.165, 1.54) is 23.6 Å². The summed E-state index contributed by atoms with van der Waals surface area (Å²) in [7, 11) is 3.90. The molecule has 0 saturated carbocycles. The van der Waals surface area contributed by atoms with E-state index in [0.717, 1.165) is 67.2 Å². The average Bonchev–Trinajstić information content (AvgIpc) is 3.42. The Balaban J connectivity index is 1.37. The van der Waals surface area contributed by atoms with Crippen LogP contribution in [0.25, 0.3) is 0 Å². The Bertz CT molecular complexity index is 1270. The first-order valence-corrected chi connectivity index (χ1v) is 16.1. The van der Waals surface area contributed by atoms with E-state index >= 15 is 0 Å². The number of aromatic nitrogens is 2. The van der Waals surface area contributed by atoms with Crippen LogP contribution >= 0.6 is 11.8 Å². The van der Waals surface area contributed by atoms with E-state index in [1.54, 1.807) is 12.0 Å². The fraction of sp³-hybridized carbons (Fsp3) is 0.594. The molecule has 0 spiro atoms. The van der Waals surface area contributed by atoms with Crippen molar-refractivity contribution in [2.45, 2.75) is 69.2 Å². The van der Waals surface area contributed by atoms with Crippen molar-refractivity contribution in [3.63, 3.8) is 0 Å². The van der Waals surface area contributed by atoms with Crippen LogP contribution in [-0.4, -0.2) is 95.7 Å². The third kappa shape index (κ3) is 6.78. The summed E-state index contributed by atoms with van der Waals surface area (Å²) in [5.41, 5.74) is 4.92. The number of aryl methyl sites for hydroxylation is 1. The summed E-state index contributed by atoms with van der Waals surface area (Å²) in [6.45, 7) is 9.04. The van der Waals surface area contributed by atoms with Gasteiger partial charge in [-0.3, -0.25) is 4.79 Å². The van der Waals surface area contributed by atoms with Gasteiger partial charge < -0.3 is 24.2 Å². The number of allylic oxidation sites excluding steroid dienone is 2. The van der Waals surface area contributed by atoms with Crippen molar-refractivity contribution in [3.05, 3.63) is 53.3 Å². The number of anilines is 1. The first-order valence-electron chi connectivity index (χ1n) is 15.1. The zero-order valence-corrected chi connectivity index (χ0v) is 26.0. The predicted molar refractivity (Wildman–Crippen MR) is 166 cm³/mol. The summed E-state index contributed by atoms with van der Waals surface area (Å²) in [6.07, 6.45) is 12.1. The van der Waals surface area contributed by atoms with Crippen LogP contribution in [0.1, 0.15) is 49.8 Å². The van der Waals surface area contributed by atoms with Crippen molar-refractivity contribution in [3.8, 4) is 12.1 Å². The van der Waals surface area contributed by atoms with E-state index in [9.17, 15) is 10.1 Å². The van der Waals surface area contributed by atoms with Crippen molar-refractivity contribution in [2.24, 2.45) is 0 Å². The topological polar surface area (TPSA) is 94.8 Å². The number of piperazine rings is 1. The third-order valence-corrected chi connectivity index (χ3v) is 10.4. The van der Waals surface area contributed by atoms with Crippen LogP contribution < -0.4 is 9.64 Å². The molecule has 1 aliphatic carbocycles. The highest BCUT2D eigenvalue weighted by atomic mass is 32.2. The smallest absolute Gasteiger partial charge is 0.318 e. The molecule has 10 heteroatoms. The number of amides is 1. The van der Waals surface area contributed by atoms with Crippen LogP contribution in [0.4, 0.5) is 5.82 Å². The molecule has 225 valence electrons. The van der Waals surface area contributed by atoms with Crippen LogP contribution in [-0.2, 0) is 16.0 Å². The molecule has 0 bridgehead atoms. The molecular weight excluding hydrogens is 548 g/mol. The zero-order chi connectivity index (χ0) is 29.6. The average molecular weight is 592 g/mol. The lowest BCUT2D eigenvalue weighted by Crippen LogP contribution is -2.55. The minimum atomic E-state index is -0.226. The van der Waals surface area contributed by atoms with Gasteiger partial charge in [0.2, 0.25) is 5.91 Å². The minimum absolute atomic E-state index is 0.133. The quantitative estimate of drug-likeness (QED) is 0.370. The normalized spacial score (nSPS) is 24.6. The molecule has 2 saturated heterocycles. The van der Waals surface area contributed by atoms with Crippen LogP contribution in [0.2, 0.25) is 0 Å². The number of nitriles is 1. The molecule has 0 N–H and O–H groups in total. The number of carbonyl (C=O) groups excluding carboxylic acids is 1. The second-order valence-electron chi connectivity index (χ2n) is 11.6. The van der Waals surface area contributed by atoms with Gasteiger partial charge in [0.25, 0.3) is 0 Å². The Labute approximate surface area is 254 Å². The number of methoxy groups -OCH3 is 1. The molecular formula is C32H43N6O3S. The second kappa shape index (κ2) is 14.0. The fourth-order valence-corrected chi connectivity index (χ4v) is 7.85. The van der Waals surface area contributed by atoms with Crippen LogP contribution in [0.15, 0.2) is 35.6 Å². The molecule has 9 nitrogen and oxygen atoms in total. The number of nitrogens with zero attached hydrogens (tertiary/aromatic N) is 6. The molecule has 4 aliphatic rings. The van der Waals surface area contributed by atoms with E-state index in [1.807, 2.05) is 11.8 Å². The van der Waals surface area contributed by atoms with Crippen LogP contribution in [0, 0.1) is 24.7 Å². The number of likely N-dealkylation sites (N-methyl/N-ethyl adjacent to an activating group) is 1. The van der Waals surface area contributed by atoms with Crippen LogP contribution in [0.5, 0.6) is 6.01 Å². The van der Waals surface area contributed by atoms with Gasteiger partial charge in [-0.2, -0.15) is 22.0 Å². The van der Waals surface area contributed by atoms with Gasteiger partial charge in [0, 0.05) is 47.9 Å². The van der Waals surface area contributed by atoms with Gasteiger partial charge >= 0.3 is 6.01 Å². The first-order chi connectivity index (χ1) is 20.4. The predicted octanol–water partition coefficient (Wildman–Crippen LogP) is 4.25. The molecule has 42 heavy (non-hydrogen) atoms. The maximum absolute atomic E-state index is 12.5. The lowest BCUT2D eigenvalue weighted by molar-refractivity contribution is -0.128. The summed E-state index contributed by atoms with van der Waals surface area (Å²) >= 11 is 2.03. The molecule has 1 amide bonds. The number of carbonyl (C=O) groups is 1. The number of ether oxygens (including phenoxy) is 2. The van der Waals surface area contributed by atoms with E-state index in [-0.39, 0.29) is 18.4 Å². The Kier molecular flexibility index (Phi) is 10.1. The molecule has 1 radical (unpaired) electrons. The maximum atomic E-state index is 12.5. The summed E-state index contributed by atoms with van der Waals surface area (Å²) in [5, 5.41) is 10.0. The van der Waals surface area contributed by atoms with E-state index in [4.69, 9.17) is 19.4 Å². The van der Waals surface area contributed by atoms with Crippen molar-refractivity contribution in [1.29, 1.82) is 5.26 Å². The Hall–Kier alpha value is -3.03. The molecule has 0 aromatic carbocycles. The Morgan fingerprint density at radius 2 is 2.14 bits per heavy atom. The number of likely N-dealkylation sites (tertiary alicyclic amines) is 1. The van der Waals surface area contributed by atoms with Crippen molar-refractivity contribution in [2.75, 3.05) is 57.6 Å². The molecule has 4 heterocycles. The molecule has 3 atom stereocenters. The maximum Gasteiger partial charge on any atom is 0.318 e. The van der Waals surface area contributed by atoms with E-state index in [2.05, 4.69) is 48.9 Å². The van der Waals surface area contributed by atoms with Gasteiger partial charge in [-0.25, -0.2) is 4.98 Å². The zero-order valence-electron chi connectivity index (χ0n) is 25.2. The summed E-state index contributed by atoms with van der Waals surface area (Å²) in [6, 6.07) is 2.82. The number of hydrogen-bond donors (Lipinski definition) is 0. The van der Waals surface area contributed by atoms with Gasteiger partial charge in [-0.05, 0) is 83.2 Å². The van der Waals surface area contributed by atoms with Gasteiger partial charge in [-0.1, -0.05) is 12.2 Å². The monoisotopic (exact) mass is 591 g/mol. The molecule has 1 aromatic rings. The molecule has 2 fully saturated rings. The third-order valence-electron chi connectivity index (χ3n) is 9.03. The molecule has 2 unspecified atom stereocenters. The highest BCUT2D eigenvalue weighted by molar-refractivity contribution is 8.00. The van der Waals surface area contributed by atoms with Gasteiger partial charge in [0.15, 0.2) is 0 Å². The second-order valence-corrected chi connectivity index (χ2v) is 12.9. The number of thioether (sulfide) groups is 1. The summed E-state index contributed by atoms with van der Waals surface area (Å²) in [5.74, 6) is 2.78. The van der Waals surface area contributed by atoms with Gasteiger partial charge in [0.05, 0.1) is 25.6 Å². The molecule has 3 aliphatic heterocycles. The Morgan fingerprint density at radius 1 is 1.29 bits per heavy atom. The Morgan fingerprint density at radius 3 is 2.88 bits per heavy atom. The van der Waals surface area contributed by atoms with Gasteiger partial charge in [-0.15, -0.1) is 0 Å². The minimum Gasteiger partial charge on any atom is -0.497 e. The standard InChI is InChI=1S/C32H43N6O3S/c1-5-30(39)38-17-16-37(19-24(38)13-14-33)31-27(22(2)34-32(35-31)41-20-25-9-7-15-36(25)3)12-11-26-18-28-23(21-42-26)8-6-10-29(28)40-4/h5-6,10,24-26H,1,7-9,11-13,15-21H2,2-4H3/t24?,25?,26-/m0/s1. The summed E-state index contributed by atoms with van der Waals surface area (Å²) < 4.78 is 11.9.